The number of likely N-dealkylation sites (tertiary alicyclic amines) is 2. The summed E-state index contributed by atoms with van der Waals surface area (Å²) in [5, 5.41) is 0. The van der Waals surface area contributed by atoms with E-state index in [9.17, 15) is 9.59 Å². The second-order valence-electron chi connectivity index (χ2n) is 7.48. The second-order valence-corrected chi connectivity index (χ2v) is 7.48. The topological polar surface area (TPSA) is 62.7 Å². The Morgan fingerprint density at radius 3 is 2.84 bits per heavy atom. The average molecular weight is 343 g/mol. The summed E-state index contributed by atoms with van der Waals surface area (Å²) in [5.74, 6) is 0.283. The van der Waals surface area contributed by atoms with Crippen LogP contribution in [-0.2, 0) is 20.9 Å². The molecule has 25 heavy (non-hydrogen) atoms. The van der Waals surface area contributed by atoms with Crippen LogP contribution in [0.3, 0.4) is 0 Å². The first-order chi connectivity index (χ1) is 12.2. The second kappa shape index (κ2) is 6.75. The standard InChI is InChI=1S/C19H25N3O3/c23-17(16-3-1-12-25-16)22-10-2-6-19(14-22)7-11-21(18(19)24)13-15-4-8-20-9-5-15/h4-5,8-9,16H,1-3,6-7,10-14H2/t16-,19?/m1/s1. The monoisotopic (exact) mass is 343 g/mol. The number of piperidine rings is 1. The van der Waals surface area contributed by atoms with Crippen LogP contribution in [0.4, 0.5) is 0 Å². The molecule has 3 aliphatic heterocycles. The van der Waals surface area contributed by atoms with Gasteiger partial charge in [0.25, 0.3) is 5.91 Å². The van der Waals surface area contributed by atoms with Gasteiger partial charge in [0.1, 0.15) is 6.10 Å². The molecule has 1 aromatic heterocycles. The largest absolute Gasteiger partial charge is 0.368 e. The minimum atomic E-state index is -0.389. The fourth-order valence-electron chi connectivity index (χ4n) is 4.43. The van der Waals surface area contributed by atoms with E-state index in [1.54, 1.807) is 12.4 Å². The Balaban J connectivity index is 1.44. The molecule has 1 aromatic rings. The minimum Gasteiger partial charge on any atom is -0.368 e. The molecule has 0 N–H and O–H groups in total. The summed E-state index contributed by atoms with van der Waals surface area (Å²) < 4.78 is 5.55. The van der Waals surface area contributed by atoms with E-state index in [2.05, 4.69) is 4.98 Å². The number of rotatable bonds is 3. The van der Waals surface area contributed by atoms with Crippen LogP contribution in [0.25, 0.3) is 0 Å². The van der Waals surface area contributed by atoms with Crippen molar-refractivity contribution in [2.75, 3.05) is 26.2 Å². The highest BCUT2D eigenvalue weighted by Gasteiger charge is 2.50. The molecule has 0 aromatic carbocycles. The summed E-state index contributed by atoms with van der Waals surface area (Å²) in [5.41, 5.74) is 0.711. The summed E-state index contributed by atoms with van der Waals surface area (Å²) in [7, 11) is 0. The SMILES string of the molecule is O=C([C@H]1CCCO1)N1CCCC2(CCN(Cc3ccncc3)C2=O)C1. The molecule has 2 atom stereocenters. The maximum atomic E-state index is 13.1. The van der Waals surface area contributed by atoms with E-state index in [-0.39, 0.29) is 23.3 Å². The molecular formula is C19H25N3O3. The van der Waals surface area contributed by atoms with E-state index in [0.29, 0.717) is 19.7 Å². The lowest BCUT2D eigenvalue weighted by molar-refractivity contribution is -0.149. The third-order valence-corrected chi connectivity index (χ3v) is 5.82. The molecule has 3 saturated heterocycles. The predicted molar refractivity (Wildman–Crippen MR) is 91.5 cm³/mol. The van der Waals surface area contributed by atoms with Gasteiger partial charge in [0.15, 0.2) is 0 Å². The summed E-state index contributed by atoms with van der Waals surface area (Å²) in [6, 6.07) is 3.90. The normalized spacial score (nSPS) is 29.6. The Morgan fingerprint density at radius 1 is 1.24 bits per heavy atom. The van der Waals surface area contributed by atoms with Crippen molar-refractivity contribution in [1.29, 1.82) is 0 Å². The summed E-state index contributed by atoms with van der Waals surface area (Å²) in [6.07, 6.45) is 7.61. The lowest BCUT2D eigenvalue weighted by atomic mass is 9.78. The van der Waals surface area contributed by atoms with Gasteiger partial charge in [0.05, 0.1) is 5.41 Å². The molecule has 2 amide bonds. The van der Waals surface area contributed by atoms with Crippen molar-refractivity contribution in [2.45, 2.75) is 44.8 Å². The average Bonchev–Trinajstić information content (AvgIpc) is 3.28. The minimum absolute atomic E-state index is 0.0805. The van der Waals surface area contributed by atoms with Crippen molar-refractivity contribution in [1.82, 2.24) is 14.8 Å². The van der Waals surface area contributed by atoms with E-state index >= 15 is 0 Å². The first-order valence-corrected chi connectivity index (χ1v) is 9.27. The molecule has 0 bridgehead atoms. The molecular weight excluding hydrogens is 318 g/mol. The van der Waals surface area contributed by atoms with Crippen LogP contribution in [-0.4, -0.2) is 58.9 Å². The van der Waals surface area contributed by atoms with Gasteiger partial charge in [-0.2, -0.15) is 0 Å². The Kier molecular flexibility index (Phi) is 4.46. The van der Waals surface area contributed by atoms with E-state index < -0.39 is 0 Å². The molecule has 4 heterocycles. The molecule has 6 heteroatoms. The zero-order valence-corrected chi connectivity index (χ0v) is 14.5. The predicted octanol–water partition coefficient (Wildman–Crippen LogP) is 1.60. The van der Waals surface area contributed by atoms with Crippen LogP contribution in [0.5, 0.6) is 0 Å². The van der Waals surface area contributed by atoms with Crippen LogP contribution >= 0.6 is 0 Å². The quantitative estimate of drug-likeness (QED) is 0.836. The molecule has 1 spiro atoms. The van der Waals surface area contributed by atoms with Crippen molar-refractivity contribution in [3.05, 3.63) is 30.1 Å². The Morgan fingerprint density at radius 2 is 2.08 bits per heavy atom. The number of aromatic nitrogens is 1. The first-order valence-electron chi connectivity index (χ1n) is 9.27. The fraction of sp³-hybridized carbons (Fsp3) is 0.632. The third kappa shape index (κ3) is 3.15. The van der Waals surface area contributed by atoms with Crippen molar-refractivity contribution < 1.29 is 14.3 Å². The highest BCUT2D eigenvalue weighted by molar-refractivity contribution is 5.87. The van der Waals surface area contributed by atoms with Crippen LogP contribution in [0.2, 0.25) is 0 Å². The zero-order chi connectivity index (χ0) is 17.3. The first kappa shape index (κ1) is 16.5. The number of nitrogens with zero attached hydrogens (tertiary/aromatic N) is 3. The maximum absolute atomic E-state index is 13.1. The summed E-state index contributed by atoms with van der Waals surface area (Å²) in [6.45, 7) is 3.37. The summed E-state index contributed by atoms with van der Waals surface area (Å²) in [4.78, 5) is 33.7. The number of pyridine rings is 1. The zero-order valence-electron chi connectivity index (χ0n) is 14.5. The Bertz CT molecular complexity index is 645. The van der Waals surface area contributed by atoms with Crippen molar-refractivity contribution >= 4 is 11.8 Å². The Labute approximate surface area is 148 Å². The van der Waals surface area contributed by atoms with Gasteiger partial charge in [-0.05, 0) is 49.8 Å². The molecule has 4 rings (SSSR count). The van der Waals surface area contributed by atoms with E-state index in [1.807, 2.05) is 21.9 Å². The van der Waals surface area contributed by atoms with Crippen LogP contribution in [0.1, 0.15) is 37.7 Å². The van der Waals surface area contributed by atoms with Crippen molar-refractivity contribution in [3.63, 3.8) is 0 Å². The highest BCUT2D eigenvalue weighted by Crippen LogP contribution is 2.41. The Hall–Kier alpha value is -1.95. The molecule has 0 saturated carbocycles. The highest BCUT2D eigenvalue weighted by atomic mass is 16.5. The smallest absolute Gasteiger partial charge is 0.251 e. The number of ether oxygens (including phenoxy) is 1. The van der Waals surface area contributed by atoms with Crippen LogP contribution < -0.4 is 0 Å². The van der Waals surface area contributed by atoms with Gasteiger partial charge in [0, 0.05) is 45.2 Å². The van der Waals surface area contributed by atoms with Gasteiger partial charge in [0.2, 0.25) is 5.91 Å². The van der Waals surface area contributed by atoms with Crippen LogP contribution in [0.15, 0.2) is 24.5 Å². The molecule has 0 radical (unpaired) electrons. The molecule has 3 aliphatic rings. The van der Waals surface area contributed by atoms with Gasteiger partial charge in [-0.1, -0.05) is 0 Å². The number of hydrogen-bond donors (Lipinski definition) is 0. The van der Waals surface area contributed by atoms with Gasteiger partial charge in [-0.15, -0.1) is 0 Å². The van der Waals surface area contributed by atoms with E-state index in [4.69, 9.17) is 4.74 Å². The van der Waals surface area contributed by atoms with Gasteiger partial charge in [-0.25, -0.2) is 0 Å². The van der Waals surface area contributed by atoms with Crippen LogP contribution in [0, 0.1) is 5.41 Å². The lowest BCUT2D eigenvalue weighted by Gasteiger charge is -2.39. The molecule has 1 unspecified atom stereocenters. The van der Waals surface area contributed by atoms with Gasteiger partial charge >= 0.3 is 0 Å². The van der Waals surface area contributed by atoms with E-state index in [1.165, 1.54) is 0 Å². The third-order valence-electron chi connectivity index (χ3n) is 5.82. The number of amides is 2. The molecule has 134 valence electrons. The molecule has 3 fully saturated rings. The van der Waals surface area contributed by atoms with E-state index in [0.717, 1.165) is 50.8 Å². The molecule has 6 nitrogen and oxygen atoms in total. The maximum Gasteiger partial charge on any atom is 0.251 e. The molecule has 0 aliphatic carbocycles. The lowest BCUT2D eigenvalue weighted by Crippen LogP contribution is -2.52. The van der Waals surface area contributed by atoms with Gasteiger partial charge < -0.3 is 14.5 Å². The summed E-state index contributed by atoms with van der Waals surface area (Å²) >= 11 is 0. The number of hydrogen-bond acceptors (Lipinski definition) is 4. The number of carbonyl (C=O) groups excluding carboxylic acids is 2. The fourth-order valence-corrected chi connectivity index (χ4v) is 4.43. The van der Waals surface area contributed by atoms with Gasteiger partial charge in [-0.3, -0.25) is 14.6 Å². The van der Waals surface area contributed by atoms with Crippen molar-refractivity contribution in [3.8, 4) is 0 Å². The van der Waals surface area contributed by atoms with Crippen molar-refractivity contribution in [2.24, 2.45) is 5.41 Å². The number of carbonyl (C=O) groups is 2.